The summed E-state index contributed by atoms with van der Waals surface area (Å²) in [5.41, 5.74) is 2.07. The first-order valence-corrected chi connectivity index (χ1v) is 9.38. The topological polar surface area (TPSA) is 23.5 Å². The number of allylic oxidation sites excluding steroid dienone is 5. The van der Waals surface area contributed by atoms with Crippen LogP contribution in [0.5, 0.6) is 5.75 Å². The van der Waals surface area contributed by atoms with Crippen molar-refractivity contribution in [2.75, 3.05) is 7.05 Å². The van der Waals surface area contributed by atoms with Crippen LogP contribution in [0.4, 0.5) is 0 Å². The van der Waals surface area contributed by atoms with Gasteiger partial charge in [0.05, 0.1) is 6.04 Å². The molecule has 0 saturated heterocycles. The number of hydrogen-bond acceptors (Lipinski definition) is 2. The number of aromatic hydroxyl groups is 1. The summed E-state index contributed by atoms with van der Waals surface area (Å²) in [7, 11) is 2.12. The molecule has 2 aliphatic rings. The molecule has 2 nitrogen and oxygen atoms in total. The van der Waals surface area contributed by atoms with Gasteiger partial charge in [-0.05, 0) is 42.7 Å². The van der Waals surface area contributed by atoms with Crippen molar-refractivity contribution < 1.29 is 5.11 Å². The molecule has 3 unspecified atom stereocenters. The maximum absolute atomic E-state index is 10.8. The maximum Gasteiger partial charge on any atom is 0.119 e. The first kappa shape index (κ1) is 17.6. The van der Waals surface area contributed by atoms with Crippen LogP contribution in [0.1, 0.15) is 37.8 Å². The molecule has 1 aromatic carbocycles. The largest absolute Gasteiger partial charge is 0.508 e. The number of hydrogen-bond donors (Lipinski definition) is 1. The van der Waals surface area contributed by atoms with E-state index in [0.29, 0.717) is 11.7 Å². The lowest BCUT2D eigenvalue weighted by molar-refractivity contribution is 0.217. The van der Waals surface area contributed by atoms with Gasteiger partial charge < -0.3 is 10.0 Å². The molecule has 0 radical (unpaired) electrons. The quantitative estimate of drug-likeness (QED) is 0.807. The van der Waals surface area contributed by atoms with Gasteiger partial charge in [0.15, 0.2) is 0 Å². The molecule has 0 fully saturated rings. The zero-order chi connectivity index (χ0) is 17.9. The minimum Gasteiger partial charge on any atom is -0.508 e. The SMILES string of the molecule is CCCc1ccc(O)c(C2(C3C=CC=CN3C)C=CC=CC2CC)c1. The molecule has 1 aliphatic heterocycles. The fraction of sp³-hybridized carbons (Fsp3) is 0.391. The molecule has 0 bridgehead atoms. The summed E-state index contributed by atoms with van der Waals surface area (Å²) < 4.78 is 0. The standard InChI is InChI=1S/C23H29NO/c1-4-10-18-13-14-21(25)20(17-18)23(15-8-6-11-19(23)5-2)22-12-7-9-16-24(22)3/h6-9,11-17,19,22,25H,4-5,10H2,1-3H3. The van der Waals surface area contributed by atoms with Crippen LogP contribution >= 0.6 is 0 Å². The van der Waals surface area contributed by atoms with Gasteiger partial charge in [0.2, 0.25) is 0 Å². The Labute approximate surface area is 151 Å². The third kappa shape index (κ3) is 3.06. The Morgan fingerprint density at radius 2 is 1.88 bits per heavy atom. The fourth-order valence-electron chi connectivity index (χ4n) is 4.39. The number of phenolic OH excluding ortho intramolecular Hbond substituents is 1. The zero-order valence-electron chi connectivity index (χ0n) is 15.5. The highest BCUT2D eigenvalue weighted by Crippen LogP contribution is 2.48. The lowest BCUT2D eigenvalue weighted by Gasteiger charge is -2.48. The third-order valence-electron chi connectivity index (χ3n) is 5.60. The summed E-state index contributed by atoms with van der Waals surface area (Å²) in [6, 6.07) is 6.33. The van der Waals surface area contributed by atoms with Gasteiger partial charge in [0, 0.05) is 18.0 Å². The number of aryl methyl sites for hydroxylation is 1. The van der Waals surface area contributed by atoms with Crippen molar-refractivity contribution in [3.05, 3.63) is 78.1 Å². The number of nitrogens with zero attached hydrogens (tertiary/aromatic N) is 1. The molecule has 1 aromatic rings. The summed E-state index contributed by atoms with van der Waals surface area (Å²) in [6.45, 7) is 4.43. The Kier molecular flexibility index (Phi) is 5.17. The van der Waals surface area contributed by atoms with Gasteiger partial charge in [0.1, 0.15) is 5.75 Å². The second kappa shape index (κ2) is 7.35. The van der Waals surface area contributed by atoms with Gasteiger partial charge in [0.25, 0.3) is 0 Å². The number of benzene rings is 1. The molecular weight excluding hydrogens is 306 g/mol. The van der Waals surface area contributed by atoms with Gasteiger partial charge in [-0.25, -0.2) is 0 Å². The average Bonchev–Trinajstić information content (AvgIpc) is 2.64. The molecule has 1 N–H and O–H groups in total. The van der Waals surface area contributed by atoms with E-state index in [2.05, 4.69) is 86.7 Å². The Morgan fingerprint density at radius 1 is 1.08 bits per heavy atom. The van der Waals surface area contributed by atoms with E-state index in [1.54, 1.807) is 0 Å². The lowest BCUT2D eigenvalue weighted by Crippen LogP contribution is -2.50. The fourth-order valence-corrected chi connectivity index (χ4v) is 4.39. The van der Waals surface area contributed by atoms with Gasteiger partial charge in [-0.1, -0.05) is 68.9 Å². The van der Waals surface area contributed by atoms with Crippen molar-refractivity contribution >= 4 is 0 Å². The van der Waals surface area contributed by atoms with Crippen molar-refractivity contribution in [1.29, 1.82) is 0 Å². The highest BCUT2D eigenvalue weighted by Gasteiger charge is 2.46. The summed E-state index contributed by atoms with van der Waals surface area (Å²) >= 11 is 0. The zero-order valence-corrected chi connectivity index (χ0v) is 15.5. The molecule has 0 amide bonds. The summed E-state index contributed by atoms with van der Waals surface area (Å²) in [6.07, 6.45) is 20.6. The van der Waals surface area contributed by atoms with Crippen LogP contribution in [0.15, 0.2) is 66.9 Å². The Bertz CT molecular complexity index is 728. The van der Waals surface area contributed by atoms with Crippen LogP contribution in [0.25, 0.3) is 0 Å². The maximum atomic E-state index is 10.8. The van der Waals surface area contributed by atoms with E-state index in [1.807, 2.05) is 6.07 Å². The predicted molar refractivity (Wildman–Crippen MR) is 106 cm³/mol. The molecule has 0 spiro atoms. The highest BCUT2D eigenvalue weighted by atomic mass is 16.3. The molecule has 3 rings (SSSR count). The Hall–Kier alpha value is -2.22. The van der Waals surface area contributed by atoms with E-state index in [9.17, 15) is 5.11 Å². The van der Waals surface area contributed by atoms with Crippen molar-refractivity contribution in [2.45, 2.75) is 44.6 Å². The van der Waals surface area contributed by atoms with E-state index in [0.717, 1.165) is 24.8 Å². The molecule has 1 heterocycles. The lowest BCUT2D eigenvalue weighted by atomic mass is 9.61. The second-order valence-electron chi connectivity index (χ2n) is 7.13. The average molecular weight is 335 g/mol. The number of likely N-dealkylation sites (N-methyl/N-ethyl adjacent to an activating group) is 1. The molecule has 0 saturated carbocycles. The van der Waals surface area contributed by atoms with Crippen LogP contribution in [-0.4, -0.2) is 23.1 Å². The first-order chi connectivity index (χ1) is 12.1. The van der Waals surface area contributed by atoms with Crippen LogP contribution in [0, 0.1) is 5.92 Å². The first-order valence-electron chi connectivity index (χ1n) is 9.38. The number of rotatable bonds is 5. The smallest absolute Gasteiger partial charge is 0.119 e. The van der Waals surface area contributed by atoms with Crippen molar-refractivity contribution in [1.82, 2.24) is 4.90 Å². The minimum atomic E-state index is -0.270. The van der Waals surface area contributed by atoms with E-state index >= 15 is 0 Å². The summed E-state index contributed by atoms with van der Waals surface area (Å²) in [4.78, 5) is 2.26. The highest BCUT2D eigenvalue weighted by molar-refractivity contribution is 5.51. The second-order valence-corrected chi connectivity index (χ2v) is 7.13. The third-order valence-corrected chi connectivity index (χ3v) is 5.60. The van der Waals surface area contributed by atoms with Gasteiger partial charge in [-0.2, -0.15) is 0 Å². The van der Waals surface area contributed by atoms with Gasteiger partial charge in [-0.3, -0.25) is 0 Å². The Morgan fingerprint density at radius 3 is 2.60 bits per heavy atom. The van der Waals surface area contributed by atoms with Crippen LogP contribution < -0.4 is 0 Å². The molecular formula is C23H29NO. The normalized spacial score (nSPS) is 27.9. The Balaban J connectivity index is 2.20. The molecule has 132 valence electrons. The number of phenols is 1. The van der Waals surface area contributed by atoms with Crippen LogP contribution in [-0.2, 0) is 11.8 Å². The van der Waals surface area contributed by atoms with E-state index in [4.69, 9.17) is 0 Å². The minimum absolute atomic E-state index is 0.173. The van der Waals surface area contributed by atoms with E-state index in [-0.39, 0.29) is 11.5 Å². The van der Waals surface area contributed by atoms with E-state index in [1.165, 1.54) is 5.56 Å². The van der Waals surface area contributed by atoms with Crippen molar-refractivity contribution in [3.63, 3.8) is 0 Å². The summed E-state index contributed by atoms with van der Waals surface area (Å²) in [5.74, 6) is 0.735. The monoisotopic (exact) mass is 335 g/mol. The molecule has 3 atom stereocenters. The molecule has 0 aromatic heterocycles. The predicted octanol–water partition coefficient (Wildman–Crippen LogP) is 5.12. The molecule has 25 heavy (non-hydrogen) atoms. The molecule has 2 heteroatoms. The van der Waals surface area contributed by atoms with E-state index < -0.39 is 0 Å². The van der Waals surface area contributed by atoms with Crippen molar-refractivity contribution in [2.24, 2.45) is 5.92 Å². The summed E-state index contributed by atoms with van der Waals surface area (Å²) in [5, 5.41) is 10.8. The van der Waals surface area contributed by atoms with Gasteiger partial charge in [-0.15, -0.1) is 0 Å². The van der Waals surface area contributed by atoms with Crippen LogP contribution in [0.2, 0.25) is 0 Å². The van der Waals surface area contributed by atoms with Crippen LogP contribution in [0.3, 0.4) is 0 Å². The van der Waals surface area contributed by atoms with Crippen molar-refractivity contribution in [3.8, 4) is 5.75 Å². The van der Waals surface area contributed by atoms with Gasteiger partial charge >= 0.3 is 0 Å². The molecule has 1 aliphatic carbocycles.